The summed E-state index contributed by atoms with van der Waals surface area (Å²) in [6, 6.07) is 12.2. The number of benzene rings is 2. The van der Waals surface area contributed by atoms with Gasteiger partial charge in [0.1, 0.15) is 11.3 Å². The molecule has 0 bridgehead atoms. The second kappa shape index (κ2) is 10.3. The first-order valence-corrected chi connectivity index (χ1v) is 9.20. The molecular weight excluding hydrogens is 398 g/mol. The third-order valence-electron chi connectivity index (χ3n) is 3.73. The highest BCUT2D eigenvalue weighted by Gasteiger charge is 2.29. The van der Waals surface area contributed by atoms with E-state index in [-0.39, 0.29) is 35.1 Å². The Labute approximate surface area is 172 Å². The van der Waals surface area contributed by atoms with Crippen molar-refractivity contribution in [3.63, 3.8) is 0 Å². The molecular formula is C21H20ClNO6. The van der Waals surface area contributed by atoms with Crippen LogP contribution in [-0.2, 0) is 14.3 Å². The highest BCUT2D eigenvalue weighted by molar-refractivity contribution is 6.32. The van der Waals surface area contributed by atoms with Crippen molar-refractivity contribution in [2.45, 2.75) is 13.8 Å². The van der Waals surface area contributed by atoms with E-state index < -0.39 is 29.2 Å². The fourth-order valence-electron chi connectivity index (χ4n) is 2.47. The normalized spacial score (nSPS) is 11.3. The lowest BCUT2D eigenvalue weighted by atomic mass is 9.98. The van der Waals surface area contributed by atoms with Crippen molar-refractivity contribution in [3.8, 4) is 0 Å². The SMILES string of the molecule is CCOC(=O)Nc1cc(Cl)ccc1C(=O)/C(C(=O)OCC)=C(\O)c1ccccc1. The molecule has 0 unspecified atom stereocenters. The molecule has 0 aliphatic carbocycles. The van der Waals surface area contributed by atoms with Gasteiger partial charge in [-0.05, 0) is 32.0 Å². The van der Waals surface area contributed by atoms with Gasteiger partial charge in [0.15, 0.2) is 0 Å². The zero-order valence-electron chi connectivity index (χ0n) is 15.9. The summed E-state index contributed by atoms with van der Waals surface area (Å²) in [5.74, 6) is -2.37. The number of ketones is 1. The maximum atomic E-state index is 13.2. The van der Waals surface area contributed by atoms with Crippen LogP contribution in [0.15, 0.2) is 54.1 Å². The van der Waals surface area contributed by atoms with Crippen LogP contribution in [0.5, 0.6) is 0 Å². The number of nitrogens with one attached hydrogen (secondary N) is 1. The Hall–Kier alpha value is -3.32. The number of carbonyl (C=O) groups excluding carboxylic acids is 3. The Bertz CT molecular complexity index is 939. The Balaban J connectivity index is 2.57. The van der Waals surface area contributed by atoms with Crippen molar-refractivity contribution >= 4 is 40.9 Å². The van der Waals surface area contributed by atoms with Gasteiger partial charge in [-0.25, -0.2) is 9.59 Å². The fourth-order valence-corrected chi connectivity index (χ4v) is 2.64. The molecule has 0 aromatic heterocycles. The Kier molecular flexibility index (Phi) is 7.79. The van der Waals surface area contributed by atoms with Crippen LogP contribution in [0.1, 0.15) is 29.8 Å². The molecule has 1 amide bonds. The average Bonchev–Trinajstić information content (AvgIpc) is 2.69. The molecule has 0 saturated carbocycles. The zero-order valence-corrected chi connectivity index (χ0v) is 16.7. The van der Waals surface area contributed by atoms with Gasteiger partial charge in [0.2, 0.25) is 5.78 Å². The zero-order chi connectivity index (χ0) is 21.4. The molecule has 29 heavy (non-hydrogen) atoms. The van der Waals surface area contributed by atoms with Gasteiger partial charge in [-0.3, -0.25) is 10.1 Å². The summed E-state index contributed by atoms with van der Waals surface area (Å²) in [5.41, 5.74) is -0.332. The number of Topliss-reactive ketones (excluding diaryl/α,β-unsaturated/α-hetero) is 1. The maximum Gasteiger partial charge on any atom is 0.411 e. The first-order valence-electron chi connectivity index (χ1n) is 8.82. The fraction of sp³-hybridized carbons (Fsp3) is 0.190. The Morgan fingerprint density at radius 2 is 1.66 bits per heavy atom. The van der Waals surface area contributed by atoms with E-state index in [2.05, 4.69) is 5.32 Å². The van der Waals surface area contributed by atoms with Crippen LogP contribution in [0, 0.1) is 0 Å². The third-order valence-corrected chi connectivity index (χ3v) is 3.96. The van der Waals surface area contributed by atoms with Gasteiger partial charge < -0.3 is 14.6 Å². The average molecular weight is 418 g/mol. The van der Waals surface area contributed by atoms with Gasteiger partial charge >= 0.3 is 12.1 Å². The molecule has 0 fully saturated rings. The summed E-state index contributed by atoms with van der Waals surface area (Å²) in [7, 11) is 0. The Morgan fingerprint density at radius 1 is 1.00 bits per heavy atom. The molecule has 0 aliphatic heterocycles. The van der Waals surface area contributed by atoms with Crippen molar-refractivity contribution < 1.29 is 29.0 Å². The number of carbonyl (C=O) groups is 3. The number of anilines is 1. The van der Waals surface area contributed by atoms with Crippen molar-refractivity contribution in [1.82, 2.24) is 0 Å². The number of rotatable bonds is 7. The van der Waals surface area contributed by atoms with E-state index in [4.69, 9.17) is 21.1 Å². The van der Waals surface area contributed by atoms with E-state index in [1.807, 2.05) is 0 Å². The molecule has 0 spiro atoms. The van der Waals surface area contributed by atoms with E-state index in [0.29, 0.717) is 0 Å². The predicted molar refractivity (Wildman–Crippen MR) is 109 cm³/mol. The molecule has 7 nitrogen and oxygen atoms in total. The maximum absolute atomic E-state index is 13.2. The Morgan fingerprint density at radius 3 is 2.28 bits per heavy atom. The van der Waals surface area contributed by atoms with Gasteiger partial charge in [-0.1, -0.05) is 41.9 Å². The van der Waals surface area contributed by atoms with Gasteiger partial charge in [0.25, 0.3) is 0 Å². The van der Waals surface area contributed by atoms with Crippen LogP contribution >= 0.6 is 11.6 Å². The summed E-state index contributed by atoms with van der Waals surface area (Å²) < 4.78 is 9.78. The minimum atomic E-state index is -0.990. The first kappa shape index (κ1) is 22.0. The molecule has 8 heteroatoms. The van der Waals surface area contributed by atoms with Crippen molar-refractivity contribution in [3.05, 3.63) is 70.3 Å². The third kappa shape index (κ3) is 5.58. The second-order valence-corrected chi connectivity index (χ2v) is 6.11. The number of amides is 1. The number of esters is 1. The lowest BCUT2D eigenvalue weighted by Gasteiger charge is -2.14. The van der Waals surface area contributed by atoms with Crippen molar-refractivity contribution in [2.75, 3.05) is 18.5 Å². The smallest absolute Gasteiger partial charge is 0.411 e. The molecule has 2 aromatic carbocycles. The number of aliphatic hydroxyl groups excluding tert-OH is 1. The van der Waals surface area contributed by atoms with Gasteiger partial charge in [-0.2, -0.15) is 0 Å². The summed E-state index contributed by atoms with van der Waals surface area (Å²) in [4.78, 5) is 37.5. The molecule has 0 aliphatic rings. The monoisotopic (exact) mass is 417 g/mol. The number of aliphatic hydroxyl groups is 1. The van der Waals surface area contributed by atoms with Crippen molar-refractivity contribution in [2.24, 2.45) is 0 Å². The van der Waals surface area contributed by atoms with E-state index in [9.17, 15) is 19.5 Å². The minimum Gasteiger partial charge on any atom is -0.506 e. The van der Waals surface area contributed by atoms with Gasteiger partial charge in [0.05, 0.1) is 18.9 Å². The molecule has 2 rings (SSSR count). The molecule has 0 atom stereocenters. The molecule has 0 radical (unpaired) electrons. The lowest BCUT2D eigenvalue weighted by molar-refractivity contribution is -0.138. The van der Waals surface area contributed by atoms with Crippen LogP contribution in [0.3, 0.4) is 0 Å². The number of hydrogen-bond donors (Lipinski definition) is 2. The van der Waals surface area contributed by atoms with Gasteiger partial charge in [-0.15, -0.1) is 0 Å². The standard InChI is InChI=1S/C21H20ClNO6/c1-3-28-20(26)17(18(24)13-8-6-5-7-9-13)19(25)15-11-10-14(22)12-16(15)23-21(27)29-4-2/h5-12,24H,3-4H2,1-2H3,(H,23,27)/b18-17+. The summed E-state index contributed by atoms with van der Waals surface area (Å²) in [6.45, 7) is 3.34. The predicted octanol–water partition coefficient (Wildman–Crippen LogP) is 4.62. The van der Waals surface area contributed by atoms with E-state index in [1.165, 1.54) is 18.2 Å². The summed E-state index contributed by atoms with van der Waals surface area (Å²) in [6.07, 6.45) is -0.794. The highest BCUT2D eigenvalue weighted by Crippen LogP contribution is 2.27. The molecule has 2 aromatic rings. The molecule has 152 valence electrons. The van der Waals surface area contributed by atoms with Crippen molar-refractivity contribution in [1.29, 1.82) is 0 Å². The first-order chi connectivity index (χ1) is 13.9. The van der Waals surface area contributed by atoms with E-state index >= 15 is 0 Å². The quantitative estimate of drug-likeness (QED) is 0.170. The topological polar surface area (TPSA) is 102 Å². The minimum absolute atomic E-state index is 0.00618. The molecule has 0 heterocycles. The van der Waals surface area contributed by atoms with Crippen LogP contribution < -0.4 is 5.32 Å². The lowest BCUT2D eigenvalue weighted by Crippen LogP contribution is -2.21. The van der Waals surface area contributed by atoms with Crippen LogP contribution in [0.4, 0.5) is 10.5 Å². The van der Waals surface area contributed by atoms with Gasteiger partial charge in [0, 0.05) is 16.1 Å². The van der Waals surface area contributed by atoms with E-state index in [1.54, 1.807) is 44.2 Å². The molecule has 2 N–H and O–H groups in total. The van der Waals surface area contributed by atoms with Crippen LogP contribution in [0.2, 0.25) is 5.02 Å². The van der Waals surface area contributed by atoms with Crippen LogP contribution in [0.25, 0.3) is 5.76 Å². The molecule has 0 saturated heterocycles. The van der Waals surface area contributed by atoms with Crippen LogP contribution in [-0.4, -0.2) is 36.2 Å². The summed E-state index contributed by atoms with van der Waals surface area (Å²) in [5, 5.41) is 13.3. The number of halogens is 1. The summed E-state index contributed by atoms with van der Waals surface area (Å²) >= 11 is 5.98. The number of hydrogen-bond acceptors (Lipinski definition) is 6. The number of ether oxygens (including phenoxy) is 2. The van der Waals surface area contributed by atoms with E-state index in [0.717, 1.165) is 0 Å². The highest BCUT2D eigenvalue weighted by atomic mass is 35.5. The largest absolute Gasteiger partial charge is 0.506 e. The second-order valence-electron chi connectivity index (χ2n) is 5.67.